The maximum absolute atomic E-state index is 5.99. The lowest BCUT2D eigenvalue weighted by Crippen LogP contribution is -2.44. The number of hydrogen-bond acceptors (Lipinski definition) is 2. The summed E-state index contributed by atoms with van der Waals surface area (Å²) in [6.45, 7) is 7.53. The molecule has 0 amide bonds. The van der Waals surface area contributed by atoms with Gasteiger partial charge in [-0.25, -0.2) is 0 Å². The first-order valence-electron chi connectivity index (χ1n) is 8.16. The van der Waals surface area contributed by atoms with Crippen LogP contribution in [0.2, 0.25) is 0 Å². The second-order valence-corrected chi connectivity index (χ2v) is 6.57. The van der Waals surface area contributed by atoms with Crippen molar-refractivity contribution < 1.29 is 4.74 Å². The second kappa shape index (κ2) is 6.53. The molecule has 2 atom stereocenters. The van der Waals surface area contributed by atoms with Crippen molar-refractivity contribution in [1.82, 2.24) is 5.32 Å². The highest BCUT2D eigenvalue weighted by Crippen LogP contribution is 2.38. The summed E-state index contributed by atoms with van der Waals surface area (Å²) in [4.78, 5) is 0. The minimum atomic E-state index is 0.233. The Morgan fingerprint density at radius 2 is 1.95 bits per heavy atom. The van der Waals surface area contributed by atoms with Gasteiger partial charge >= 0.3 is 0 Å². The van der Waals surface area contributed by atoms with E-state index in [2.05, 4.69) is 55.6 Å². The van der Waals surface area contributed by atoms with Crippen LogP contribution in [0.5, 0.6) is 5.75 Å². The molecule has 22 heavy (non-hydrogen) atoms. The van der Waals surface area contributed by atoms with Crippen LogP contribution in [0.4, 0.5) is 0 Å². The van der Waals surface area contributed by atoms with E-state index in [1.807, 2.05) is 18.2 Å². The topological polar surface area (TPSA) is 21.3 Å². The van der Waals surface area contributed by atoms with Gasteiger partial charge in [-0.15, -0.1) is 0 Å². The maximum atomic E-state index is 5.99. The fraction of sp³-hybridized carbons (Fsp3) is 0.400. The molecule has 1 saturated heterocycles. The lowest BCUT2D eigenvalue weighted by molar-refractivity contribution is 0.236. The third kappa shape index (κ3) is 3.17. The van der Waals surface area contributed by atoms with Crippen molar-refractivity contribution in [3.63, 3.8) is 0 Å². The van der Waals surface area contributed by atoms with E-state index in [1.165, 1.54) is 17.5 Å². The van der Waals surface area contributed by atoms with E-state index in [1.54, 1.807) is 0 Å². The van der Waals surface area contributed by atoms with Crippen LogP contribution in [0.3, 0.4) is 0 Å². The molecule has 1 aliphatic rings. The van der Waals surface area contributed by atoms with Gasteiger partial charge in [-0.2, -0.15) is 0 Å². The largest absolute Gasteiger partial charge is 0.489 e. The Bertz CT molecular complexity index is 610. The van der Waals surface area contributed by atoms with Crippen LogP contribution in [0.1, 0.15) is 31.4 Å². The first-order valence-corrected chi connectivity index (χ1v) is 8.16. The van der Waals surface area contributed by atoms with E-state index in [0.29, 0.717) is 12.5 Å². The van der Waals surface area contributed by atoms with Crippen LogP contribution in [0, 0.1) is 5.92 Å². The Balaban J connectivity index is 1.75. The van der Waals surface area contributed by atoms with E-state index < -0.39 is 0 Å². The third-order valence-corrected chi connectivity index (χ3v) is 5.10. The minimum Gasteiger partial charge on any atom is -0.489 e. The van der Waals surface area contributed by atoms with Crippen molar-refractivity contribution in [2.24, 2.45) is 5.92 Å². The molecule has 0 saturated carbocycles. The summed E-state index contributed by atoms with van der Waals surface area (Å²) < 4.78 is 5.99. The molecule has 1 aliphatic heterocycles. The zero-order chi connectivity index (χ0) is 15.4. The van der Waals surface area contributed by atoms with Crippen LogP contribution >= 0.6 is 0 Å². The van der Waals surface area contributed by atoms with Gasteiger partial charge in [0.1, 0.15) is 12.4 Å². The molecular formula is C20H25NO. The monoisotopic (exact) mass is 295 g/mol. The number of ether oxygens (including phenoxy) is 1. The normalized spacial score (nSPS) is 24.9. The summed E-state index contributed by atoms with van der Waals surface area (Å²) in [7, 11) is 0. The molecule has 2 nitrogen and oxygen atoms in total. The molecule has 0 aromatic heterocycles. The van der Waals surface area contributed by atoms with Crippen molar-refractivity contribution in [2.45, 2.75) is 32.3 Å². The van der Waals surface area contributed by atoms with E-state index in [4.69, 9.17) is 4.74 Å². The first-order chi connectivity index (χ1) is 10.7. The van der Waals surface area contributed by atoms with Crippen molar-refractivity contribution in [3.8, 4) is 5.75 Å². The first kappa shape index (κ1) is 15.1. The van der Waals surface area contributed by atoms with Gasteiger partial charge in [-0.1, -0.05) is 56.3 Å². The van der Waals surface area contributed by atoms with Crippen molar-refractivity contribution >= 4 is 0 Å². The molecule has 116 valence electrons. The quantitative estimate of drug-likeness (QED) is 0.915. The van der Waals surface area contributed by atoms with Crippen LogP contribution in [-0.4, -0.2) is 13.1 Å². The lowest BCUT2D eigenvalue weighted by atomic mass is 9.68. The Labute approximate surface area is 133 Å². The molecule has 1 heterocycles. The third-order valence-electron chi connectivity index (χ3n) is 5.10. The number of piperidine rings is 1. The molecule has 0 spiro atoms. The number of hydrogen-bond donors (Lipinski definition) is 1. The molecule has 0 aliphatic carbocycles. The van der Waals surface area contributed by atoms with Gasteiger partial charge in [0.15, 0.2) is 0 Å². The second-order valence-electron chi connectivity index (χ2n) is 6.57. The van der Waals surface area contributed by atoms with Gasteiger partial charge in [0.25, 0.3) is 0 Å². The van der Waals surface area contributed by atoms with E-state index in [-0.39, 0.29) is 5.41 Å². The molecule has 1 N–H and O–H groups in total. The van der Waals surface area contributed by atoms with Crippen molar-refractivity contribution in [3.05, 3.63) is 65.7 Å². The number of nitrogens with one attached hydrogen (secondary N) is 1. The van der Waals surface area contributed by atoms with Gasteiger partial charge in [-0.05, 0) is 54.1 Å². The Morgan fingerprint density at radius 3 is 2.73 bits per heavy atom. The Kier molecular flexibility index (Phi) is 4.49. The summed E-state index contributed by atoms with van der Waals surface area (Å²) in [6, 6.07) is 19.0. The number of rotatable bonds is 4. The fourth-order valence-electron chi connectivity index (χ4n) is 3.25. The zero-order valence-electron chi connectivity index (χ0n) is 13.5. The van der Waals surface area contributed by atoms with Gasteiger partial charge in [0.05, 0.1) is 0 Å². The maximum Gasteiger partial charge on any atom is 0.120 e. The predicted octanol–water partition coefficient (Wildman–Crippen LogP) is 4.15. The molecule has 0 bridgehead atoms. The highest BCUT2D eigenvalue weighted by molar-refractivity contribution is 5.35. The minimum absolute atomic E-state index is 0.233. The van der Waals surface area contributed by atoms with Crippen LogP contribution in [-0.2, 0) is 12.0 Å². The molecule has 2 aromatic rings. The molecule has 0 unspecified atom stereocenters. The highest BCUT2D eigenvalue weighted by Gasteiger charge is 2.35. The van der Waals surface area contributed by atoms with Gasteiger partial charge in [0.2, 0.25) is 0 Å². The summed E-state index contributed by atoms with van der Waals surface area (Å²) >= 11 is 0. The van der Waals surface area contributed by atoms with Gasteiger partial charge < -0.3 is 10.1 Å². The van der Waals surface area contributed by atoms with Gasteiger partial charge in [-0.3, -0.25) is 0 Å². The molecule has 3 rings (SSSR count). The van der Waals surface area contributed by atoms with Crippen molar-refractivity contribution in [2.75, 3.05) is 13.1 Å². The smallest absolute Gasteiger partial charge is 0.120 e. The Morgan fingerprint density at radius 1 is 1.14 bits per heavy atom. The SMILES string of the molecule is C[C@H]1CNCC[C@@]1(C)c1cccc(OCc2ccccc2)c1. The number of benzene rings is 2. The predicted molar refractivity (Wildman–Crippen MR) is 91.2 cm³/mol. The van der Waals surface area contributed by atoms with Crippen LogP contribution in [0.25, 0.3) is 0 Å². The molecular weight excluding hydrogens is 270 g/mol. The standard InChI is InChI=1S/C20H25NO/c1-16-14-21-12-11-20(16,2)18-9-6-10-19(13-18)22-15-17-7-4-3-5-8-17/h3-10,13,16,21H,11-12,14-15H2,1-2H3/t16-,20+/m0/s1. The van der Waals surface area contributed by atoms with Crippen LogP contribution in [0.15, 0.2) is 54.6 Å². The average molecular weight is 295 g/mol. The molecule has 0 radical (unpaired) electrons. The van der Waals surface area contributed by atoms with Gasteiger partial charge in [0, 0.05) is 0 Å². The summed E-state index contributed by atoms with van der Waals surface area (Å²) in [5.41, 5.74) is 2.83. The Hall–Kier alpha value is -1.80. The van der Waals surface area contributed by atoms with E-state index in [9.17, 15) is 0 Å². The summed E-state index contributed by atoms with van der Waals surface area (Å²) in [6.07, 6.45) is 1.18. The molecule has 1 fully saturated rings. The summed E-state index contributed by atoms with van der Waals surface area (Å²) in [5, 5.41) is 3.49. The highest BCUT2D eigenvalue weighted by atomic mass is 16.5. The van der Waals surface area contributed by atoms with E-state index >= 15 is 0 Å². The van der Waals surface area contributed by atoms with E-state index in [0.717, 1.165) is 18.8 Å². The summed E-state index contributed by atoms with van der Waals surface area (Å²) in [5.74, 6) is 1.60. The molecule has 2 heteroatoms. The zero-order valence-corrected chi connectivity index (χ0v) is 13.5. The lowest BCUT2D eigenvalue weighted by Gasteiger charge is -2.40. The van der Waals surface area contributed by atoms with Crippen molar-refractivity contribution in [1.29, 1.82) is 0 Å². The van der Waals surface area contributed by atoms with Crippen LogP contribution < -0.4 is 10.1 Å². The molecule has 2 aromatic carbocycles. The average Bonchev–Trinajstić information content (AvgIpc) is 2.57. The fourth-order valence-corrected chi connectivity index (χ4v) is 3.25.